The van der Waals surface area contributed by atoms with Crippen molar-refractivity contribution in [2.75, 3.05) is 18.4 Å². The van der Waals surface area contributed by atoms with Crippen molar-refractivity contribution in [2.24, 2.45) is 13.0 Å². The third kappa shape index (κ3) is 4.38. The van der Waals surface area contributed by atoms with Gasteiger partial charge in [-0.25, -0.2) is 17.8 Å². The minimum atomic E-state index is -3.87. The number of benzene rings is 2. The Bertz CT molecular complexity index is 1210. The van der Waals surface area contributed by atoms with Gasteiger partial charge in [0.1, 0.15) is 5.82 Å². The van der Waals surface area contributed by atoms with Crippen LogP contribution in [0.15, 0.2) is 66.1 Å². The number of halogens is 1. The van der Waals surface area contributed by atoms with Gasteiger partial charge in [-0.3, -0.25) is 4.79 Å². The molecule has 1 aromatic heterocycles. The third-order valence-electron chi connectivity index (χ3n) is 5.49. The number of carbonyl (C=O) groups excluding carboxylic acids is 1. The van der Waals surface area contributed by atoms with Crippen molar-refractivity contribution in [1.29, 1.82) is 0 Å². The number of hydrogen-bond donors (Lipinski definition) is 1. The molecule has 1 N–H and O–H groups in total. The van der Waals surface area contributed by atoms with Crippen molar-refractivity contribution in [1.82, 2.24) is 13.9 Å². The number of rotatable bonds is 5. The van der Waals surface area contributed by atoms with Gasteiger partial charge in [0.2, 0.25) is 5.91 Å². The lowest BCUT2D eigenvalue weighted by Gasteiger charge is -2.18. The molecule has 0 spiro atoms. The minimum Gasteiger partial charge on any atom is -0.339 e. The minimum absolute atomic E-state index is 0.0125. The molecule has 1 aliphatic heterocycles. The molecule has 162 valence electrons. The zero-order chi connectivity index (χ0) is 22.2. The molecular formula is C22H23FN4O3S. The SMILES string of the molecule is Cc1cccc(NC(=O)C2CN(S(=O)(=O)c3cn(C)cn3)CC2c2ccc(F)cc2)c1. The summed E-state index contributed by atoms with van der Waals surface area (Å²) in [5.41, 5.74) is 2.36. The summed E-state index contributed by atoms with van der Waals surface area (Å²) in [5, 5.41) is 2.84. The van der Waals surface area contributed by atoms with Crippen LogP contribution in [0, 0.1) is 18.7 Å². The Kier molecular flexibility index (Phi) is 5.63. The summed E-state index contributed by atoms with van der Waals surface area (Å²) >= 11 is 0. The largest absolute Gasteiger partial charge is 0.339 e. The fourth-order valence-electron chi connectivity index (χ4n) is 3.89. The third-order valence-corrected chi connectivity index (χ3v) is 7.21. The van der Waals surface area contributed by atoms with E-state index in [0.717, 1.165) is 5.56 Å². The van der Waals surface area contributed by atoms with Gasteiger partial charge in [-0.1, -0.05) is 24.3 Å². The molecule has 2 unspecified atom stereocenters. The standard InChI is InChI=1S/C22H23FN4O3S/c1-15-4-3-5-18(10-15)25-22(28)20-12-27(31(29,30)21-13-26(2)14-24-21)11-19(20)16-6-8-17(23)9-7-16/h3-10,13-14,19-20H,11-12H2,1-2H3,(H,25,28). The van der Waals surface area contributed by atoms with Crippen LogP contribution in [-0.4, -0.2) is 41.3 Å². The van der Waals surface area contributed by atoms with Gasteiger partial charge >= 0.3 is 0 Å². The zero-order valence-electron chi connectivity index (χ0n) is 17.2. The highest BCUT2D eigenvalue weighted by Gasteiger charge is 2.44. The van der Waals surface area contributed by atoms with Crippen LogP contribution in [0.25, 0.3) is 0 Å². The number of aromatic nitrogens is 2. The predicted octanol–water partition coefficient (Wildman–Crippen LogP) is 2.91. The molecule has 1 saturated heterocycles. The maximum absolute atomic E-state index is 13.4. The number of nitrogens with one attached hydrogen (secondary N) is 1. The number of carbonyl (C=O) groups is 1. The van der Waals surface area contributed by atoms with Crippen LogP contribution in [0.5, 0.6) is 0 Å². The monoisotopic (exact) mass is 442 g/mol. The van der Waals surface area contributed by atoms with E-state index in [1.54, 1.807) is 29.8 Å². The Morgan fingerprint density at radius 3 is 2.55 bits per heavy atom. The molecule has 7 nitrogen and oxygen atoms in total. The first-order valence-electron chi connectivity index (χ1n) is 9.85. The average molecular weight is 443 g/mol. The van der Waals surface area contributed by atoms with E-state index in [9.17, 15) is 17.6 Å². The van der Waals surface area contributed by atoms with E-state index in [1.807, 2.05) is 25.1 Å². The molecule has 0 radical (unpaired) electrons. The number of nitrogens with zero attached hydrogens (tertiary/aromatic N) is 3. The van der Waals surface area contributed by atoms with Crippen LogP contribution in [0.4, 0.5) is 10.1 Å². The van der Waals surface area contributed by atoms with Crippen LogP contribution >= 0.6 is 0 Å². The first kappa shape index (κ1) is 21.2. The van der Waals surface area contributed by atoms with Crippen LogP contribution in [0.1, 0.15) is 17.0 Å². The van der Waals surface area contributed by atoms with E-state index >= 15 is 0 Å². The molecule has 0 aliphatic carbocycles. The van der Waals surface area contributed by atoms with E-state index in [1.165, 1.54) is 29.0 Å². The predicted molar refractivity (Wildman–Crippen MR) is 114 cm³/mol. The van der Waals surface area contributed by atoms with Crippen molar-refractivity contribution in [3.8, 4) is 0 Å². The summed E-state index contributed by atoms with van der Waals surface area (Å²) in [6.45, 7) is 2.04. The lowest BCUT2D eigenvalue weighted by Crippen LogP contribution is -2.32. The molecular weight excluding hydrogens is 419 g/mol. The van der Waals surface area contributed by atoms with E-state index in [2.05, 4.69) is 10.3 Å². The number of imidazole rings is 1. The molecule has 2 heterocycles. The highest BCUT2D eigenvalue weighted by Crippen LogP contribution is 2.36. The summed E-state index contributed by atoms with van der Waals surface area (Å²) in [6.07, 6.45) is 2.85. The van der Waals surface area contributed by atoms with Crippen molar-refractivity contribution in [3.63, 3.8) is 0 Å². The van der Waals surface area contributed by atoms with Crippen molar-refractivity contribution < 1.29 is 17.6 Å². The Hall–Kier alpha value is -3.04. The number of amides is 1. The van der Waals surface area contributed by atoms with Crippen molar-refractivity contribution >= 4 is 21.6 Å². The number of aryl methyl sites for hydroxylation is 2. The Morgan fingerprint density at radius 2 is 1.90 bits per heavy atom. The first-order chi connectivity index (χ1) is 14.7. The number of hydrogen-bond acceptors (Lipinski definition) is 4. The van der Waals surface area contributed by atoms with E-state index in [0.29, 0.717) is 11.3 Å². The number of anilines is 1. The van der Waals surface area contributed by atoms with Crippen LogP contribution in [-0.2, 0) is 21.9 Å². The maximum Gasteiger partial charge on any atom is 0.262 e. The quantitative estimate of drug-likeness (QED) is 0.659. The summed E-state index contributed by atoms with van der Waals surface area (Å²) in [4.78, 5) is 17.1. The fourth-order valence-corrected chi connectivity index (χ4v) is 5.35. The Labute approximate surface area is 180 Å². The van der Waals surface area contributed by atoms with Gasteiger partial charge in [0, 0.05) is 37.9 Å². The van der Waals surface area contributed by atoms with Crippen molar-refractivity contribution in [2.45, 2.75) is 17.9 Å². The van der Waals surface area contributed by atoms with Gasteiger partial charge in [0.25, 0.3) is 10.0 Å². The van der Waals surface area contributed by atoms with E-state index in [4.69, 9.17) is 0 Å². The molecule has 3 aromatic rings. The normalized spacial score (nSPS) is 19.5. The van der Waals surface area contributed by atoms with Gasteiger partial charge in [0.05, 0.1) is 12.2 Å². The second kappa shape index (κ2) is 8.24. The topological polar surface area (TPSA) is 84.3 Å². The van der Waals surface area contributed by atoms with Crippen LogP contribution in [0.3, 0.4) is 0 Å². The molecule has 1 amide bonds. The Morgan fingerprint density at radius 1 is 1.16 bits per heavy atom. The highest BCUT2D eigenvalue weighted by atomic mass is 32.2. The van der Waals surface area contributed by atoms with Gasteiger partial charge in [0.15, 0.2) is 5.03 Å². The molecule has 2 atom stereocenters. The van der Waals surface area contributed by atoms with Gasteiger partial charge < -0.3 is 9.88 Å². The number of sulfonamides is 1. The molecule has 0 bridgehead atoms. The first-order valence-corrected chi connectivity index (χ1v) is 11.3. The average Bonchev–Trinajstić information content (AvgIpc) is 3.36. The molecule has 1 aliphatic rings. The lowest BCUT2D eigenvalue weighted by molar-refractivity contribution is -0.119. The molecule has 1 fully saturated rings. The van der Waals surface area contributed by atoms with E-state index < -0.39 is 21.9 Å². The van der Waals surface area contributed by atoms with E-state index in [-0.39, 0.29) is 29.8 Å². The summed E-state index contributed by atoms with van der Waals surface area (Å²) in [6, 6.07) is 13.2. The summed E-state index contributed by atoms with van der Waals surface area (Å²) in [7, 11) is -2.18. The fraction of sp³-hybridized carbons (Fsp3) is 0.273. The maximum atomic E-state index is 13.4. The van der Waals surface area contributed by atoms with Gasteiger partial charge in [-0.05, 0) is 42.3 Å². The molecule has 2 aromatic carbocycles. The summed E-state index contributed by atoms with van der Waals surface area (Å²) in [5.74, 6) is -1.72. The second-order valence-corrected chi connectivity index (χ2v) is 9.71. The van der Waals surface area contributed by atoms with Crippen molar-refractivity contribution in [3.05, 3.63) is 78.0 Å². The molecule has 4 rings (SSSR count). The second-order valence-electron chi connectivity index (χ2n) is 7.82. The molecule has 31 heavy (non-hydrogen) atoms. The Balaban J connectivity index is 1.65. The smallest absolute Gasteiger partial charge is 0.262 e. The molecule has 9 heteroatoms. The van der Waals surface area contributed by atoms with Crippen LogP contribution in [0.2, 0.25) is 0 Å². The van der Waals surface area contributed by atoms with Gasteiger partial charge in [-0.15, -0.1) is 0 Å². The van der Waals surface area contributed by atoms with Crippen LogP contribution < -0.4 is 5.32 Å². The lowest BCUT2D eigenvalue weighted by atomic mass is 9.88. The summed E-state index contributed by atoms with van der Waals surface area (Å²) < 4.78 is 42.5. The highest BCUT2D eigenvalue weighted by molar-refractivity contribution is 7.89. The molecule has 0 saturated carbocycles. The van der Waals surface area contributed by atoms with Gasteiger partial charge in [-0.2, -0.15) is 4.31 Å². The zero-order valence-corrected chi connectivity index (χ0v) is 18.0.